The van der Waals surface area contributed by atoms with Gasteiger partial charge in [0.1, 0.15) is 11.6 Å². The van der Waals surface area contributed by atoms with E-state index in [2.05, 4.69) is 21.2 Å². The van der Waals surface area contributed by atoms with Gasteiger partial charge in [-0.3, -0.25) is 19.7 Å². The summed E-state index contributed by atoms with van der Waals surface area (Å²) in [6.45, 7) is -0.362. The van der Waals surface area contributed by atoms with Crippen molar-refractivity contribution in [2.75, 3.05) is 19.0 Å². The molecule has 2 rings (SSSR count). The minimum atomic E-state index is -0.748. The van der Waals surface area contributed by atoms with E-state index < -0.39 is 16.7 Å². The summed E-state index contributed by atoms with van der Waals surface area (Å²) in [6.07, 6.45) is 1.30. The lowest BCUT2D eigenvalue weighted by atomic mass is 10.1. The number of non-ortho nitro benzene ring substituents is 1. The molecule has 0 aliphatic heterocycles. The molecule has 10 nitrogen and oxygen atoms in total. The van der Waals surface area contributed by atoms with Crippen LogP contribution in [0.3, 0.4) is 0 Å². The number of methoxy groups -OCH3 is 1. The number of ether oxygens (including phenoxy) is 2. The van der Waals surface area contributed by atoms with E-state index in [0.717, 1.165) is 0 Å². The summed E-state index contributed by atoms with van der Waals surface area (Å²) >= 11 is 3.28. The van der Waals surface area contributed by atoms with Gasteiger partial charge in [-0.15, -0.1) is 0 Å². The molecule has 2 aromatic carbocycles. The lowest BCUT2D eigenvalue weighted by Crippen LogP contribution is -2.20. The van der Waals surface area contributed by atoms with Crippen LogP contribution in [0.15, 0.2) is 46.4 Å². The Bertz CT molecular complexity index is 1080. The van der Waals surface area contributed by atoms with Crippen molar-refractivity contribution in [3.05, 3.63) is 62.1 Å². The number of hydrogen-bond acceptors (Lipinski definition) is 7. The molecule has 0 saturated heterocycles. The average molecular weight is 475 g/mol. The molecule has 3 N–H and O–H groups in total. The second-order valence-corrected chi connectivity index (χ2v) is 6.57. The molecule has 11 heteroatoms. The molecular formula is C19H15BrN4O6. The Hall–Kier alpha value is -3.91. The highest BCUT2D eigenvalue weighted by atomic mass is 79.9. The third-order valence-corrected chi connectivity index (χ3v) is 4.19. The second kappa shape index (κ2) is 10.0. The lowest BCUT2D eigenvalue weighted by Gasteiger charge is -2.12. The van der Waals surface area contributed by atoms with E-state index >= 15 is 0 Å². The summed E-state index contributed by atoms with van der Waals surface area (Å²) in [5.74, 6) is -0.944. The van der Waals surface area contributed by atoms with Crippen molar-refractivity contribution in [1.82, 2.24) is 0 Å². The number of nitriles is 1. The first-order chi connectivity index (χ1) is 14.2. The number of rotatable bonds is 8. The normalized spacial score (nSPS) is 10.6. The second-order valence-electron chi connectivity index (χ2n) is 5.72. The summed E-state index contributed by atoms with van der Waals surface area (Å²) in [7, 11) is 1.38. The molecule has 0 radical (unpaired) electrons. The molecule has 0 aliphatic rings. The highest BCUT2D eigenvalue weighted by Crippen LogP contribution is 2.37. The van der Waals surface area contributed by atoms with E-state index in [9.17, 15) is 25.0 Å². The maximum atomic E-state index is 12.4. The molecule has 2 aromatic rings. The number of carbonyl (C=O) groups is 2. The molecule has 2 amide bonds. The number of nitrogens with one attached hydrogen (secondary N) is 1. The summed E-state index contributed by atoms with van der Waals surface area (Å²) in [5.41, 5.74) is 5.22. The van der Waals surface area contributed by atoms with Gasteiger partial charge in [0.05, 0.1) is 16.5 Å². The number of hydrogen-bond donors (Lipinski definition) is 2. The van der Waals surface area contributed by atoms with Gasteiger partial charge < -0.3 is 20.5 Å². The first-order valence-corrected chi connectivity index (χ1v) is 9.00. The minimum absolute atomic E-state index is 0.171. The number of carbonyl (C=O) groups excluding carboxylic acids is 2. The molecule has 0 aliphatic carbocycles. The smallest absolute Gasteiger partial charge is 0.271 e. The summed E-state index contributed by atoms with van der Waals surface area (Å²) in [6, 6.07) is 10.2. The number of benzene rings is 2. The van der Waals surface area contributed by atoms with Crippen molar-refractivity contribution in [1.29, 1.82) is 5.26 Å². The van der Waals surface area contributed by atoms with Gasteiger partial charge in [-0.05, 0) is 45.8 Å². The molecule has 0 atom stereocenters. The summed E-state index contributed by atoms with van der Waals surface area (Å²) in [4.78, 5) is 33.6. The molecule has 30 heavy (non-hydrogen) atoms. The number of nitro groups is 1. The van der Waals surface area contributed by atoms with Gasteiger partial charge in [-0.2, -0.15) is 5.26 Å². The van der Waals surface area contributed by atoms with Crippen LogP contribution >= 0.6 is 15.9 Å². The van der Waals surface area contributed by atoms with Gasteiger partial charge >= 0.3 is 0 Å². The Labute approximate surface area is 179 Å². The number of halogens is 1. The Morgan fingerprint density at radius 3 is 2.70 bits per heavy atom. The summed E-state index contributed by atoms with van der Waals surface area (Å²) < 4.78 is 10.9. The molecule has 0 saturated carbocycles. The predicted molar refractivity (Wildman–Crippen MR) is 111 cm³/mol. The Morgan fingerprint density at radius 2 is 2.10 bits per heavy atom. The van der Waals surface area contributed by atoms with Gasteiger partial charge in [0, 0.05) is 17.8 Å². The third kappa shape index (κ3) is 5.79. The van der Waals surface area contributed by atoms with Gasteiger partial charge in [0.2, 0.25) is 0 Å². The van der Waals surface area contributed by atoms with Crippen molar-refractivity contribution < 1.29 is 24.0 Å². The average Bonchev–Trinajstić information content (AvgIpc) is 2.70. The van der Waals surface area contributed by atoms with Crippen molar-refractivity contribution in [2.45, 2.75) is 0 Å². The van der Waals surface area contributed by atoms with Crippen LogP contribution in [0.5, 0.6) is 11.5 Å². The third-order valence-electron chi connectivity index (χ3n) is 3.60. The Balaban J connectivity index is 2.30. The first-order valence-electron chi connectivity index (χ1n) is 8.21. The van der Waals surface area contributed by atoms with Gasteiger partial charge in [-0.25, -0.2) is 0 Å². The van der Waals surface area contributed by atoms with Gasteiger partial charge in [0.25, 0.3) is 17.5 Å². The maximum absolute atomic E-state index is 12.4. The SMILES string of the molecule is COc1cc(/C=C(\C#N)C(=O)Nc2cccc([N+](=O)[O-])c2)cc(Br)c1OCC(N)=O. The van der Waals surface area contributed by atoms with E-state index in [-0.39, 0.29) is 35.1 Å². The molecule has 0 heterocycles. The molecular weight excluding hydrogens is 460 g/mol. The number of anilines is 1. The zero-order valence-corrected chi connectivity index (χ0v) is 17.1. The van der Waals surface area contributed by atoms with E-state index in [4.69, 9.17) is 15.2 Å². The number of nitro benzene ring substituents is 1. The Morgan fingerprint density at radius 1 is 1.37 bits per heavy atom. The van der Waals surface area contributed by atoms with Crippen LogP contribution in [0.25, 0.3) is 6.08 Å². The van der Waals surface area contributed by atoms with Crippen LogP contribution in [-0.4, -0.2) is 30.5 Å². The number of amides is 2. The van der Waals surface area contributed by atoms with Crippen molar-refractivity contribution in [3.63, 3.8) is 0 Å². The monoisotopic (exact) mass is 474 g/mol. The van der Waals surface area contributed by atoms with E-state index in [1.165, 1.54) is 43.5 Å². The largest absolute Gasteiger partial charge is 0.493 e. The van der Waals surface area contributed by atoms with Crippen LogP contribution in [0, 0.1) is 21.4 Å². The molecule has 0 bridgehead atoms. The molecule has 0 unspecified atom stereocenters. The Kier molecular flexibility index (Phi) is 7.49. The highest BCUT2D eigenvalue weighted by Gasteiger charge is 2.15. The van der Waals surface area contributed by atoms with Crippen molar-refractivity contribution >= 4 is 45.2 Å². The van der Waals surface area contributed by atoms with Crippen LogP contribution in [0.1, 0.15) is 5.56 Å². The molecule has 0 aromatic heterocycles. The fourth-order valence-corrected chi connectivity index (χ4v) is 2.89. The van der Waals surface area contributed by atoms with Crippen LogP contribution < -0.4 is 20.5 Å². The minimum Gasteiger partial charge on any atom is -0.493 e. The quantitative estimate of drug-likeness (QED) is 0.257. The van der Waals surface area contributed by atoms with Gasteiger partial charge in [-0.1, -0.05) is 6.07 Å². The molecule has 0 spiro atoms. The fraction of sp³-hybridized carbons (Fsp3) is 0.105. The standard InChI is InChI=1S/C19H15BrN4O6/c1-29-16-7-11(6-15(20)18(16)30-10-17(22)25)5-12(9-21)19(26)23-13-3-2-4-14(8-13)24(27)28/h2-8H,10H2,1H3,(H2,22,25)(H,23,26)/b12-5+. The molecule has 154 valence electrons. The topological polar surface area (TPSA) is 158 Å². The maximum Gasteiger partial charge on any atom is 0.271 e. The highest BCUT2D eigenvalue weighted by molar-refractivity contribution is 9.10. The zero-order valence-electron chi connectivity index (χ0n) is 15.5. The summed E-state index contributed by atoms with van der Waals surface area (Å²) in [5, 5.41) is 22.7. The number of nitrogens with two attached hydrogens (primary N) is 1. The number of primary amides is 1. The van der Waals surface area contributed by atoms with E-state index in [0.29, 0.717) is 10.0 Å². The van der Waals surface area contributed by atoms with Crippen LogP contribution in [0.4, 0.5) is 11.4 Å². The zero-order chi connectivity index (χ0) is 22.3. The lowest BCUT2D eigenvalue weighted by molar-refractivity contribution is -0.384. The molecule has 0 fully saturated rings. The number of nitrogens with zero attached hydrogens (tertiary/aromatic N) is 2. The van der Waals surface area contributed by atoms with Crippen LogP contribution in [-0.2, 0) is 9.59 Å². The predicted octanol–water partition coefficient (Wildman–Crippen LogP) is 2.78. The van der Waals surface area contributed by atoms with E-state index in [1.807, 2.05) is 0 Å². The first kappa shape index (κ1) is 22.4. The van der Waals surface area contributed by atoms with Crippen molar-refractivity contribution in [2.24, 2.45) is 5.73 Å². The van der Waals surface area contributed by atoms with E-state index in [1.54, 1.807) is 12.1 Å². The van der Waals surface area contributed by atoms with Gasteiger partial charge in [0.15, 0.2) is 18.1 Å². The van der Waals surface area contributed by atoms with Crippen LogP contribution in [0.2, 0.25) is 0 Å². The fourth-order valence-electron chi connectivity index (χ4n) is 2.32. The van der Waals surface area contributed by atoms with Crippen molar-refractivity contribution in [3.8, 4) is 17.6 Å².